The highest BCUT2D eigenvalue weighted by Gasteiger charge is 1.85. The third kappa shape index (κ3) is 35.0. The third-order valence-electron chi connectivity index (χ3n) is 1.56. The largest absolute Gasteiger partial charge is 0.465 e. The van der Waals surface area contributed by atoms with Gasteiger partial charge >= 0.3 is 6.09 Å². The van der Waals surface area contributed by atoms with Crippen molar-refractivity contribution in [2.24, 2.45) is 11.5 Å². The summed E-state index contributed by atoms with van der Waals surface area (Å²) >= 11 is 0. The lowest BCUT2D eigenvalue weighted by Crippen LogP contribution is -2.03. The number of hydrogen-bond donors (Lipinski definition) is 3. The Morgan fingerprint density at radius 3 is 1.92 bits per heavy atom. The van der Waals surface area contributed by atoms with Gasteiger partial charge < -0.3 is 16.6 Å². The van der Waals surface area contributed by atoms with E-state index in [1.54, 1.807) is 0 Å². The predicted molar refractivity (Wildman–Crippen MR) is 54.6 cm³/mol. The second-order valence-corrected chi connectivity index (χ2v) is 2.89. The summed E-state index contributed by atoms with van der Waals surface area (Å²) in [5, 5.41) is 7.19. The zero-order valence-corrected chi connectivity index (χ0v) is 8.46. The van der Waals surface area contributed by atoms with Crippen molar-refractivity contribution in [3.8, 4) is 0 Å². The summed E-state index contributed by atoms with van der Waals surface area (Å²) in [5.74, 6) is 0. The highest BCUT2D eigenvalue weighted by molar-refractivity contribution is 5.61. The number of nitrogens with two attached hydrogens (primary N) is 2. The average molecular weight is 190 g/mol. The predicted octanol–water partition coefficient (Wildman–Crippen LogP) is 1.93. The molecule has 13 heavy (non-hydrogen) atoms. The summed E-state index contributed by atoms with van der Waals surface area (Å²) in [6.07, 6.45) is 6.72. The van der Waals surface area contributed by atoms with Crippen molar-refractivity contribution in [2.75, 3.05) is 6.54 Å². The van der Waals surface area contributed by atoms with E-state index in [4.69, 9.17) is 15.6 Å². The van der Waals surface area contributed by atoms with E-state index >= 15 is 0 Å². The van der Waals surface area contributed by atoms with Crippen molar-refractivity contribution < 1.29 is 9.90 Å². The van der Waals surface area contributed by atoms with Crippen molar-refractivity contribution >= 4 is 6.09 Å². The summed E-state index contributed by atoms with van der Waals surface area (Å²) in [4.78, 5) is 8.78. The van der Waals surface area contributed by atoms with Gasteiger partial charge in [0, 0.05) is 0 Å². The highest BCUT2D eigenvalue weighted by atomic mass is 16.4. The fourth-order valence-corrected chi connectivity index (χ4v) is 0.925. The van der Waals surface area contributed by atoms with E-state index in [9.17, 15) is 0 Å². The summed E-state index contributed by atoms with van der Waals surface area (Å²) in [6, 6.07) is 0. The number of amides is 1. The van der Waals surface area contributed by atoms with Gasteiger partial charge in [-0.1, -0.05) is 39.0 Å². The molecule has 0 radical (unpaired) electrons. The van der Waals surface area contributed by atoms with Crippen LogP contribution in [0.1, 0.15) is 45.4 Å². The molecule has 0 aromatic rings. The molecular formula is C9H22N2O2. The minimum Gasteiger partial charge on any atom is -0.465 e. The molecule has 4 heteroatoms. The van der Waals surface area contributed by atoms with Gasteiger partial charge in [-0.2, -0.15) is 0 Å². The Kier molecular flexibility index (Phi) is 15.6. The topological polar surface area (TPSA) is 89.3 Å². The van der Waals surface area contributed by atoms with Crippen LogP contribution in [0.5, 0.6) is 0 Å². The Morgan fingerprint density at radius 1 is 1.15 bits per heavy atom. The third-order valence-corrected chi connectivity index (χ3v) is 1.56. The minimum atomic E-state index is -1.33. The van der Waals surface area contributed by atoms with Gasteiger partial charge in [-0.15, -0.1) is 0 Å². The van der Waals surface area contributed by atoms with Crippen molar-refractivity contribution in [3.63, 3.8) is 0 Å². The average Bonchev–Trinajstić information content (AvgIpc) is 2.03. The molecule has 0 aliphatic heterocycles. The molecule has 0 rings (SSSR count). The van der Waals surface area contributed by atoms with Gasteiger partial charge in [-0.3, -0.25) is 0 Å². The maximum Gasteiger partial charge on any atom is 0.402 e. The van der Waals surface area contributed by atoms with E-state index in [1.165, 1.54) is 38.5 Å². The fourth-order valence-electron chi connectivity index (χ4n) is 0.925. The molecule has 0 aromatic heterocycles. The first-order valence-electron chi connectivity index (χ1n) is 4.83. The molecule has 0 spiro atoms. The van der Waals surface area contributed by atoms with Crippen LogP contribution in [0.4, 0.5) is 4.79 Å². The molecule has 0 heterocycles. The van der Waals surface area contributed by atoms with Gasteiger partial charge in [0.2, 0.25) is 0 Å². The second kappa shape index (κ2) is 13.8. The molecule has 0 bridgehead atoms. The quantitative estimate of drug-likeness (QED) is 0.559. The molecule has 0 aliphatic rings. The summed E-state index contributed by atoms with van der Waals surface area (Å²) in [7, 11) is 0. The fraction of sp³-hybridized carbons (Fsp3) is 0.889. The maximum atomic E-state index is 8.78. The van der Waals surface area contributed by atoms with Crippen LogP contribution in [0.25, 0.3) is 0 Å². The molecule has 0 saturated heterocycles. The molecule has 80 valence electrons. The van der Waals surface area contributed by atoms with Gasteiger partial charge in [-0.05, 0) is 13.0 Å². The van der Waals surface area contributed by atoms with Crippen LogP contribution in [0, 0.1) is 0 Å². The zero-order valence-electron chi connectivity index (χ0n) is 8.46. The summed E-state index contributed by atoms with van der Waals surface area (Å²) < 4.78 is 0. The monoisotopic (exact) mass is 190 g/mol. The first-order valence-corrected chi connectivity index (χ1v) is 4.83. The molecule has 0 unspecified atom stereocenters. The lowest BCUT2D eigenvalue weighted by molar-refractivity contribution is 0.205. The van der Waals surface area contributed by atoms with Gasteiger partial charge in [0.15, 0.2) is 0 Å². The Morgan fingerprint density at radius 2 is 1.54 bits per heavy atom. The molecule has 0 fully saturated rings. The first-order chi connectivity index (χ1) is 6.15. The van der Waals surface area contributed by atoms with Crippen molar-refractivity contribution in [1.82, 2.24) is 0 Å². The van der Waals surface area contributed by atoms with Gasteiger partial charge in [-0.25, -0.2) is 4.79 Å². The van der Waals surface area contributed by atoms with Crippen molar-refractivity contribution in [3.05, 3.63) is 0 Å². The SMILES string of the molecule is CCCCCCCCN.NC(=O)O. The van der Waals surface area contributed by atoms with E-state index in [1.807, 2.05) is 0 Å². The summed E-state index contributed by atoms with van der Waals surface area (Å²) in [6.45, 7) is 3.11. The Balaban J connectivity index is 0. The molecular weight excluding hydrogens is 168 g/mol. The molecule has 4 nitrogen and oxygen atoms in total. The number of rotatable bonds is 6. The molecule has 0 aromatic carbocycles. The molecule has 0 atom stereocenters. The second-order valence-electron chi connectivity index (χ2n) is 2.89. The van der Waals surface area contributed by atoms with Gasteiger partial charge in [0.25, 0.3) is 0 Å². The van der Waals surface area contributed by atoms with Crippen LogP contribution in [0.15, 0.2) is 0 Å². The number of carbonyl (C=O) groups is 1. The van der Waals surface area contributed by atoms with Crippen LogP contribution in [-0.2, 0) is 0 Å². The molecule has 1 amide bonds. The zero-order chi connectivity index (χ0) is 10.5. The lowest BCUT2D eigenvalue weighted by Gasteiger charge is -1.96. The van der Waals surface area contributed by atoms with Crippen LogP contribution >= 0.6 is 0 Å². The number of primary amides is 1. The van der Waals surface area contributed by atoms with Crippen LogP contribution in [0.2, 0.25) is 0 Å². The molecule has 5 N–H and O–H groups in total. The minimum absolute atomic E-state index is 0.867. The normalized spacial score (nSPS) is 8.77. The van der Waals surface area contributed by atoms with E-state index < -0.39 is 6.09 Å². The standard InChI is InChI=1S/C8H19N.CH3NO2/c1-2-3-4-5-6-7-8-9;2-1(3)4/h2-9H2,1H3;2H2,(H,3,4). The van der Waals surface area contributed by atoms with E-state index in [-0.39, 0.29) is 0 Å². The number of unbranched alkanes of at least 4 members (excludes halogenated alkanes) is 5. The van der Waals surface area contributed by atoms with Crippen molar-refractivity contribution in [1.29, 1.82) is 0 Å². The van der Waals surface area contributed by atoms with Crippen LogP contribution in [0.3, 0.4) is 0 Å². The smallest absolute Gasteiger partial charge is 0.402 e. The van der Waals surface area contributed by atoms with Crippen LogP contribution in [-0.4, -0.2) is 17.7 Å². The van der Waals surface area contributed by atoms with E-state index in [0.29, 0.717) is 0 Å². The Bertz CT molecular complexity index is 97.8. The number of carboxylic acid groups (broad SMARTS) is 1. The number of hydrogen-bond acceptors (Lipinski definition) is 2. The Hall–Kier alpha value is -0.770. The van der Waals surface area contributed by atoms with Gasteiger partial charge in [0.1, 0.15) is 0 Å². The van der Waals surface area contributed by atoms with Crippen LogP contribution < -0.4 is 11.5 Å². The summed E-state index contributed by atoms with van der Waals surface area (Å²) in [5.41, 5.74) is 9.37. The Labute approximate surface area is 80.3 Å². The molecule has 0 aliphatic carbocycles. The van der Waals surface area contributed by atoms with Gasteiger partial charge in [0.05, 0.1) is 0 Å². The molecule has 0 saturated carbocycles. The van der Waals surface area contributed by atoms with Crippen molar-refractivity contribution in [2.45, 2.75) is 45.4 Å². The van der Waals surface area contributed by atoms with E-state index in [2.05, 4.69) is 12.7 Å². The van der Waals surface area contributed by atoms with E-state index in [0.717, 1.165) is 6.54 Å². The lowest BCUT2D eigenvalue weighted by atomic mass is 10.1. The maximum absolute atomic E-state index is 8.78. The highest BCUT2D eigenvalue weighted by Crippen LogP contribution is 2.03. The first kappa shape index (κ1) is 14.7.